The van der Waals surface area contributed by atoms with E-state index in [9.17, 15) is 4.79 Å². The molecule has 0 spiro atoms. The predicted molar refractivity (Wildman–Crippen MR) is 85.7 cm³/mol. The van der Waals surface area contributed by atoms with Gasteiger partial charge in [0.25, 0.3) is 0 Å². The number of nitrogens with zero attached hydrogens (tertiary/aromatic N) is 1. The molecule has 5 heteroatoms. The number of aliphatic carboxylic acids is 1. The predicted octanol–water partition coefficient (Wildman–Crippen LogP) is 3.49. The number of hydrogen-bond acceptors (Lipinski definition) is 3. The molecule has 2 aromatic heterocycles. The van der Waals surface area contributed by atoms with Crippen molar-refractivity contribution >= 4 is 17.3 Å². The Kier molecular flexibility index (Phi) is 5.20. The van der Waals surface area contributed by atoms with Crippen molar-refractivity contribution in [3.05, 3.63) is 45.4 Å². The summed E-state index contributed by atoms with van der Waals surface area (Å²) in [6, 6.07) is 5.99. The van der Waals surface area contributed by atoms with Crippen molar-refractivity contribution in [3.8, 4) is 0 Å². The zero-order chi connectivity index (χ0) is 15.4. The Morgan fingerprint density at radius 1 is 1.48 bits per heavy atom. The fraction of sp³-hybridized carbons (Fsp3) is 0.438. The molecule has 0 fully saturated rings. The molecule has 0 aliphatic rings. The minimum atomic E-state index is -0.778. The van der Waals surface area contributed by atoms with Crippen molar-refractivity contribution in [1.29, 1.82) is 0 Å². The summed E-state index contributed by atoms with van der Waals surface area (Å²) in [6.45, 7) is 8.01. The number of hydrogen-bond donors (Lipinski definition) is 2. The van der Waals surface area contributed by atoms with Crippen molar-refractivity contribution < 1.29 is 9.90 Å². The SMILES string of the molecule is CCn1c(C)cc(CNC(CC(=O)O)c2cccs2)c1C. The van der Waals surface area contributed by atoms with E-state index in [1.807, 2.05) is 17.5 Å². The summed E-state index contributed by atoms with van der Waals surface area (Å²) in [5, 5.41) is 14.5. The van der Waals surface area contributed by atoms with E-state index in [-0.39, 0.29) is 12.5 Å². The first-order chi connectivity index (χ1) is 10.0. The molecule has 0 aliphatic heterocycles. The summed E-state index contributed by atoms with van der Waals surface area (Å²) < 4.78 is 2.27. The molecule has 2 heterocycles. The zero-order valence-electron chi connectivity index (χ0n) is 12.7. The standard InChI is InChI=1S/C16H22N2O2S/c1-4-18-11(2)8-13(12(18)3)10-17-14(9-16(19)20)15-6-5-7-21-15/h5-8,14,17H,4,9-10H2,1-3H3,(H,19,20). The summed E-state index contributed by atoms with van der Waals surface area (Å²) in [7, 11) is 0. The second-order valence-corrected chi connectivity index (χ2v) is 6.17. The Bertz CT molecular complexity index is 602. The molecule has 1 atom stereocenters. The highest BCUT2D eigenvalue weighted by atomic mass is 32.1. The summed E-state index contributed by atoms with van der Waals surface area (Å²) in [5.74, 6) is -0.778. The smallest absolute Gasteiger partial charge is 0.305 e. The Morgan fingerprint density at radius 2 is 2.24 bits per heavy atom. The molecule has 0 amide bonds. The minimum Gasteiger partial charge on any atom is -0.481 e. The summed E-state index contributed by atoms with van der Waals surface area (Å²) in [5.41, 5.74) is 3.74. The molecule has 0 bridgehead atoms. The van der Waals surface area contributed by atoms with Gasteiger partial charge < -0.3 is 15.0 Å². The first kappa shape index (κ1) is 15.8. The molecule has 0 radical (unpaired) electrons. The van der Waals surface area contributed by atoms with Gasteiger partial charge in [0.15, 0.2) is 0 Å². The van der Waals surface area contributed by atoms with E-state index >= 15 is 0 Å². The van der Waals surface area contributed by atoms with Crippen molar-refractivity contribution in [2.24, 2.45) is 0 Å². The van der Waals surface area contributed by atoms with Gasteiger partial charge in [-0.15, -0.1) is 11.3 Å². The fourth-order valence-electron chi connectivity index (χ4n) is 2.71. The number of nitrogens with one attached hydrogen (secondary N) is 1. The van der Waals surface area contributed by atoms with E-state index in [1.54, 1.807) is 11.3 Å². The Hall–Kier alpha value is -1.59. The van der Waals surface area contributed by atoms with Gasteiger partial charge in [0.1, 0.15) is 0 Å². The van der Waals surface area contributed by atoms with Crippen molar-refractivity contribution in [2.75, 3.05) is 0 Å². The van der Waals surface area contributed by atoms with Gasteiger partial charge in [-0.3, -0.25) is 4.79 Å². The second-order valence-electron chi connectivity index (χ2n) is 5.19. The Morgan fingerprint density at radius 3 is 2.76 bits per heavy atom. The quantitative estimate of drug-likeness (QED) is 0.823. The number of carboxylic acids is 1. The lowest BCUT2D eigenvalue weighted by Gasteiger charge is -2.15. The maximum Gasteiger partial charge on any atom is 0.305 e. The van der Waals surface area contributed by atoms with Gasteiger partial charge in [0.05, 0.1) is 12.5 Å². The molecule has 2 rings (SSSR count). The van der Waals surface area contributed by atoms with Crippen LogP contribution in [0.1, 0.15) is 41.2 Å². The molecule has 0 saturated carbocycles. The van der Waals surface area contributed by atoms with Gasteiger partial charge in [-0.25, -0.2) is 0 Å². The third-order valence-corrected chi connectivity index (χ3v) is 4.78. The van der Waals surface area contributed by atoms with E-state index < -0.39 is 5.97 Å². The third kappa shape index (κ3) is 3.74. The lowest BCUT2D eigenvalue weighted by molar-refractivity contribution is -0.137. The number of carbonyl (C=O) groups is 1. The molecule has 114 valence electrons. The molecule has 4 nitrogen and oxygen atoms in total. The average molecular weight is 306 g/mol. The van der Waals surface area contributed by atoms with Crippen molar-refractivity contribution in [3.63, 3.8) is 0 Å². The highest BCUT2D eigenvalue weighted by Crippen LogP contribution is 2.23. The fourth-order valence-corrected chi connectivity index (χ4v) is 3.51. The normalized spacial score (nSPS) is 12.5. The molecule has 0 aliphatic carbocycles. The summed E-state index contributed by atoms with van der Waals surface area (Å²) in [4.78, 5) is 12.1. The molecule has 2 N–H and O–H groups in total. The van der Waals surface area contributed by atoms with Crippen LogP contribution in [0, 0.1) is 13.8 Å². The molecular formula is C16H22N2O2S. The molecule has 0 saturated heterocycles. The zero-order valence-corrected chi connectivity index (χ0v) is 13.5. The van der Waals surface area contributed by atoms with Gasteiger partial charge in [-0.2, -0.15) is 0 Å². The first-order valence-corrected chi connectivity index (χ1v) is 8.05. The Balaban J connectivity index is 2.10. The second kappa shape index (κ2) is 6.91. The lowest BCUT2D eigenvalue weighted by Crippen LogP contribution is -2.23. The molecule has 21 heavy (non-hydrogen) atoms. The summed E-state index contributed by atoms with van der Waals surface area (Å²) >= 11 is 1.59. The largest absolute Gasteiger partial charge is 0.481 e. The van der Waals surface area contributed by atoms with E-state index in [1.165, 1.54) is 17.0 Å². The molecular weight excluding hydrogens is 284 g/mol. The van der Waals surface area contributed by atoms with E-state index in [4.69, 9.17) is 5.11 Å². The van der Waals surface area contributed by atoms with Crippen LogP contribution < -0.4 is 5.32 Å². The maximum absolute atomic E-state index is 11.0. The number of rotatable bonds is 7. The van der Waals surface area contributed by atoms with Crippen LogP contribution in [0.15, 0.2) is 23.6 Å². The monoisotopic (exact) mass is 306 g/mol. The van der Waals surface area contributed by atoms with Crippen LogP contribution in [0.5, 0.6) is 0 Å². The van der Waals surface area contributed by atoms with Gasteiger partial charge in [0, 0.05) is 29.4 Å². The number of thiophene rings is 1. The molecule has 0 aromatic carbocycles. The highest BCUT2D eigenvalue weighted by Gasteiger charge is 2.17. The number of aryl methyl sites for hydroxylation is 1. The van der Waals surface area contributed by atoms with Crippen molar-refractivity contribution in [1.82, 2.24) is 9.88 Å². The number of aromatic nitrogens is 1. The number of carboxylic acid groups (broad SMARTS) is 1. The van der Waals surface area contributed by atoms with Crippen LogP contribution in [-0.4, -0.2) is 15.6 Å². The Labute approximate surface area is 129 Å². The van der Waals surface area contributed by atoms with Crippen LogP contribution in [0.3, 0.4) is 0 Å². The third-order valence-electron chi connectivity index (χ3n) is 3.80. The average Bonchev–Trinajstić information content (AvgIpc) is 3.03. The first-order valence-electron chi connectivity index (χ1n) is 7.17. The highest BCUT2D eigenvalue weighted by molar-refractivity contribution is 7.10. The molecule has 1 unspecified atom stereocenters. The van der Waals surface area contributed by atoms with Crippen LogP contribution >= 0.6 is 11.3 Å². The maximum atomic E-state index is 11.0. The van der Waals surface area contributed by atoms with Gasteiger partial charge in [0.2, 0.25) is 0 Å². The molecule has 2 aromatic rings. The van der Waals surface area contributed by atoms with Gasteiger partial charge in [-0.05, 0) is 43.8 Å². The van der Waals surface area contributed by atoms with Gasteiger partial charge >= 0.3 is 5.97 Å². The van der Waals surface area contributed by atoms with E-state index in [0.29, 0.717) is 6.54 Å². The van der Waals surface area contributed by atoms with Crippen LogP contribution in [0.2, 0.25) is 0 Å². The minimum absolute atomic E-state index is 0.104. The lowest BCUT2D eigenvalue weighted by atomic mass is 10.1. The van der Waals surface area contributed by atoms with Crippen LogP contribution in [-0.2, 0) is 17.9 Å². The summed E-state index contributed by atoms with van der Waals surface area (Å²) in [6.07, 6.45) is 0.104. The van der Waals surface area contributed by atoms with Crippen molar-refractivity contribution in [2.45, 2.75) is 46.3 Å². The van der Waals surface area contributed by atoms with Gasteiger partial charge in [-0.1, -0.05) is 6.07 Å². The topological polar surface area (TPSA) is 54.3 Å². The van der Waals surface area contributed by atoms with Crippen LogP contribution in [0.4, 0.5) is 0 Å². The van der Waals surface area contributed by atoms with E-state index in [0.717, 1.165) is 11.4 Å². The van der Waals surface area contributed by atoms with E-state index in [2.05, 4.69) is 36.7 Å². The van der Waals surface area contributed by atoms with Crippen LogP contribution in [0.25, 0.3) is 0 Å².